The third kappa shape index (κ3) is 2.67. The molecule has 0 aromatic heterocycles. The Kier molecular flexibility index (Phi) is 4.21. The SMILES string of the molecule is CC(=O)Oc1ccc(N2C(=O)[C@@H]3[C@H]4C[C@@H]([C@@H]5C(c6ccc(Cl)cc6)=NO[C@H]45)[C@@H]3C2=O)cc1. The van der Waals surface area contributed by atoms with Gasteiger partial charge in [-0.05, 0) is 54.3 Å². The molecule has 0 unspecified atom stereocenters. The molecule has 2 heterocycles. The van der Waals surface area contributed by atoms with Crippen molar-refractivity contribution in [1.82, 2.24) is 0 Å². The molecule has 2 aromatic carbocycles. The molecule has 8 heteroatoms. The number of benzene rings is 2. The molecule has 2 bridgehead atoms. The van der Waals surface area contributed by atoms with Crippen LogP contribution in [-0.4, -0.2) is 29.6 Å². The molecule has 0 radical (unpaired) electrons. The Morgan fingerprint density at radius 3 is 2.31 bits per heavy atom. The Morgan fingerprint density at radius 1 is 1.00 bits per heavy atom. The lowest BCUT2D eigenvalue weighted by Crippen LogP contribution is -2.41. The number of hydrogen-bond acceptors (Lipinski definition) is 6. The second-order valence-electron chi connectivity index (χ2n) is 8.79. The highest BCUT2D eigenvalue weighted by Crippen LogP contribution is 2.62. The predicted octanol–water partition coefficient (Wildman–Crippen LogP) is 3.44. The van der Waals surface area contributed by atoms with Crippen molar-refractivity contribution in [3.63, 3.8) is 0 Å². The summed E-state index contributed by atoms with van der Waals surface area (Å²) < 4.78 is 5.05. The first-order valence-electron chi connectivity index (χ1n) is 10.6. The van der Waals surface area contributed by atoms with Crippen molar-refractivity contribution < 1.29 is 24.0 Å². The fourth-order valence-electron chi connectivity index (χ4n) is 6.07. The van der Waals surface area contributed by atoms with Crippen LogP contribution in [0, 0.1) is 29.6 Å². The molecule has 162 valence electrons. The quantitative estimate of drug-likeness (QED) is 0.406. The predicted molar refractivity (Wildman–Crippen MR) is 115 cm³/mol. The Bertz CT molecular complexity index is 1180. The molecule has 0 spiro atoms. The zero-order valence-corrected chi connectivity index (χ0v) is 17.9. The van der Waals surface area contributed by atoms with Crippen LogP contribution in [0.2, 0.25) is 5.02 Å². The van der Waals surface area contributed by atoms with Gasteiger partial charge in [-0.25, -0.2) is 0 Å². The molecule has 2 aliphatic carbocycles. The lowest BCUT2D eigenvalue weighted by atomic mass is 9.71. The minimum atomic E-state index is -0.429. The maximum atomic E-state index is 13.4. The number of nitrogens with zero attached hydrogens (tertiary/aromatic N) is 2. The molecule has 6 atom stereocenters. The zero-order chi connectivity index (χ0) is 22.1. The summed E-state index contributed by atoms with van der Waals surface area (Å²) in [5.74, 6) is -1.22. The molecular weight excluding hydrogens is 432 g/mol. The highest BCUT2D eigenvalue weighted by atomic mass is 35.5. The summed E-state index contributed by atoms with van der Waals surface area (Å²) in [6, 6.07) is 13.9. The maximum Gasteiger partial charge on any atom is 0.308 e. The number of imide groups is 1. The number of oxime groups is 1. The summed E-state index contributed by atoms with van der Waals surface area (Å²) in [5.41, 5.74) is 2.25. The van der Waals surface area contributed by atoms with Crippen molar-refractivity contribution in [1.29, 1.82) is 0 Å². The number of carbonyl (C=O) groups excluding carboxylic acids is 3. The van der Waals surface area contributed by atoms with Crippen LogP contribution in [0.5, 0.6) is 5.75 Å². The van der Waals surface area contributed by atoms with Crippen LogP contribution < -0.4 is 9.64 Å². The standard InChI is InChI=1S/C24H19ClN2O5/c1-11(28)31-15-8-6-14(7-9-15)27-23(29)18-16-10-17(19(18)24(27)30)22-20(16)21(26-32-22)12-2-4-13(25)5-3-12/h2-9,16-20,22H,10H2,1H3/t16-,17-,18+,19-,20-,22-/m1/s1. The molecule has 32 heavy (non-hydrogen) atoms. The first kappa shape index (κ1) is 19.5. The molecule has 6 rings (SSSR count). The van der Waals surface area contributed by atoms with Crippen molar-refractivity contribution >= 4 is 40.8 Å². The Morgan fingerprint density at radius 2 is 1.66 bits per heavy atom. The van der Waals surface area contributed by atoms with Crippen molar-refractivity contribution in [2.75, 3.05) is 4.90 Å². The molecule has 3 fully saturated rings. The van der Waals surface area contributed by atoms with E-state index in [2.05, 4.69) is 5.16 Å². The highest BCUT2D eigenvalue weighted by molar-refractivity contribution is 6.30. The van der Waals surface area contributed by atoms with E-state index in [1.807, 2.05) is 24.3 Å². The van der Waals surface area contributed by atoms with Gasteiger partial charge in [0.2, 0.25) is 11.8 Å². The second kappa shape index (κ2) is 6.90. The Labute approximate surface area is 188 Å². The fourth-order valence-corrected chi connectivity index (χ4v) is 6.19. The summed E-state index contributed by atoms with van der Waals surface area (Å²) in [6.07, 6.45) is 0.600. The van der Waals surface area contributed by atoms with Crippen LogP contribution in [0.15, 0.2) is 53.7 Å². The highest BCUT2D eigenvalue weighted by Gasteiger charge is 2.70. The summed E-state index contributed by atoms with van der Waals surface area (Å²) in [6.45, 7) is 1.32. The second-order valence-corrected chi connectivity index (χ2v) is 9.23. The van der Waals surface area contributed by atoms with Crippen LogP contribution in [0.3, 0.4) is 0 Å². The molecular formula is C24H19ClN2O5. The van der Waals surface area contributed by atoms with Crippen LogP contribution in [0.25, 0.3) is 0 Å². The van der Waals surface area contributed by atoms with Gasteiger partial charge >= 0.3 is 5.97 Å². The van der Waals surface area contributed by atoms with Gasteiger partial charge in [-0.15, -0.1) is 0 Å². The summed E-state index contributed by atoms with van der Waals surface area (Å²) in [7, 11) is 0. The van der Waals surface area contributed by atoms with Gasteiger partial charge in [0.05, 0.1) is 23.2 Å². The molecule has 2 aliphatic heterocycles. The number of fused-ring (bicyclic) bond motifs is 8. The van der Waals surface area contributed by atoms with Crippen LogP contribution in [0.1, 0.15) is 18.9 Å². The normalized spacial score (nSPS) is 31.9. The van der Waals surface area contributed by atoms with Crippen LogP contribution >= 0.6 is 11.6 Å². The number of hydrogen-bond donors (Lipinski definition) is 0. The van der Waals surface area contributed by atoms with E-state index in [0.717, 1.165) is 17.7 Å². The lowest BCUT2D eigenvalue weighted by molar-refractivity contribution is -0.132. The van der Waals surface area contributed by atoms with Gasteiger partial charge in [0.1, 0.15) is 11.9 Å². The molecule has 2 aromatic rings. The number of ether oxygens (including phenoxy) is 1. The zero-order valence-electron chi connectivity index (χ0n) is 17.1. The van der Waals surface area contributed by atoms with Gasteiger partial charge < -0.3 is 9.57 Å². The van der Waals surface area contributed by atoms with Crippen LogP contribution in [-0.2, 0) is 19.2 Å². The van der Waals surface area contributed by atoms with Crippen molar-refractivity contribution in [3.8, 4) is 5.75 Å². The van der Waals surface area contributed by atoms with Gasteiger partial charge in [-0.3, -0.25) is 19.3 Å². The molecule has 4 aliphatic rings. The Balaban J connectivity index is 1.29. The van der Waals surface area contributed by atoms with Gasteiger partial charge in [0.25, 0.3) is 0 Å². The molecule has 2 saturated carbocycles. The number of amides is 2. The fraction of sp³-hybridized carbons (Fsp3) is 0.333. The average molecular weight is 451 g/mol. The van der Waals surface area contributed by atoms with Gasteiger partial charge in [0, 0.05) is 23.8 Å². The topological polar surface area (TPSA) is 85.3 Å². The van der Waals surface area contributed by atoms with E-state index in [9.17, 15) is 14.4 Å². The number of carbonyl (C=O) groups is 3. The molecule has 7 nitrogen and oxygen atoms in total. The average Bonchev–Trinajstić information content (AvgIpc) is 3.50. The molecule has 0 N–H and O–H groups in total. The number of rotatable bonds is 3. The first-order chi connectivity index (χ1) is 15.4. The maximum absolute atomic E-state index is 13.4. The van der Waals surface area contributed by atoms with E-state index >= 15 is 0 Å². The Hall–Kier alpha value is -3.19. The molecule has 1 saturated heterocycles. The van der Waals surface area contributed by atoms with Gasteiger partial charge in [-0.2, -0.15) is 0 Å². The smallest absolute Gasteiger partial charge is 0.308 e. The first-order valence-corrected chi connectivity index (χ1v) is 11.0. The van der Waals surface area contributed by atoms with Crippen molar-refractivity contribution in [2.45, 2.75) is 19.4 Å². The van der Waals surface area contributed by atoms with E-state index in [1.165, 1.54) is 11.8 Å². The minimum absolute atomic E-state index is 0.00805. The third-order valence-electron chi connectivity index (χ3n) is 7.19. The third-order valence-corrected chi connectivity index (χ3v) is 7.44. The lowest BCUT2D eigenvalue weighted by Gasteiger charge is -2.29. The summed E-state index contributed by atoms with van der Waals surface area (Å²) in [5, 5.41) is 4.99. The molecule has 2 amide bonds. The minimum Gasteiger partial charge on any atom is -0.427 e. The number of halogens is 1. The number of anilines is 1. The summed E-state index contributed by atoms with van der Waals surface area (Å²) in [4.78, 5) is 45.0. The largest absolute Gasteiger partial charge is 0.427 e. The van der Waals surface area contributed by atoms with Gasteiger partial charge in [0.15, 0.2) is 0 Å². The number of esters is 1. The van der Waals surface area contributed by atoms with E-state index in [-0.39, 0.29) is 47.5 Å². The van der Waals surface area contributed by atoms with E-state index in [4.69, 9.17) is 21.2 Å². The van der Waals surface area contributed by atoms with Crippen molar-refractivity contribution in [3.05, 3.63) is 59.1 Å². The summed E-state index contributed by atoms with van der Waals surface area (Å²) >= 11 is 6.03. The van der Waals surface area contributed by atoms with E-state index in [0.29, 0.717) is 16.5 Å². The van der Waals surface area contributed by atoms with Crippen LogP contribution in [0.4, 0.5) is 5.69 Å². The van der Waals surface area contributed by atoms with Gasteiger partial charge in [-0.1, -0.05) is 28.9 Å². The monoisotopic (exact) mass is 450 g/mol. The van der Waals surface area contributed by atoms with E-state index in [1.54, 1.807) is 24.3 Å². The van der Waals surface area contributed by atoms with E-state index < -0.39 is 5.97 Å². The van der Waals surface area contributed by atoms with Crippen molar-refractivity contribution in [2.24, 2.45) is 34.7 Å².